The molecule has 0 bridgehead atoms. The van der Waals surface area contributed by atoms with E-state index in [1.807, 2.05) is 29.2 Å². The number of benzene rings is 1. The van der Waals surface area contributed by atoms with Crippen molar-refractivity contribution in [3.8, 4) is 0 Å². The number of nitrogens with one attached hydrogen (secondary N) is 1. The maximum atomic E-state index is 12.2. The molecule has 108 valence electrons. The highest BCUT2D eigenvalue weighted by Gasteiger charge is 2.32. The van der Waals surface area contributed by atoms with Crippen LogP contribution in [0.2, 0.25) is 5.02 Å². The predicted molar refractivity (Wildman–Crippen MR) is 79.2 cm³/mol. The van der Waals surface area contributed by atoms with Crippen molar-refractivity contribution in [1.29, 1.82) is 0 Å². The molecular weight excluding hydrogens is 276 g/mol. The first-order chi connectivity index (χ1) is 9.72. The molecule has 2 heterocycles. The summed E-state index contributed by atoms with van der Waals surface area (Å²) in [4.78, 5) is 14.0. The largest absolute Gasteiger partial charge is 0.381 e. The molecule has 20 heavy (non-hydrogen) atoms. The highest BCUT2D eigenvalue weighted by molar-refractivity contribution is 6.30. The van der Waals surface area contributed by atoms with E-state index in [2.05, 4.69) is 5.32 Å². The van der Waals surface area contributed by atoms with E-state index in [0.717, 1.165) is 38.3 Å². The zero-order valence-electron chi connectivity index (χ0n) is 11.3. The Labute approximate surface area is 124 Å². The lowest BCUT2D eigenvalue weighted by Gasteiger charge is -2.26. The van der Waals surface area contributed by atoms with E-state index >= 15 is 0 Å². The minimum Gasteiger partial charge on any atom is -0.381 e. The maximum Gasteiger partial charge on any atom is 0.228 e. The van der Waals surface area contributed by atoms with Crippen LogP contribution in [-0.2, 0) is 9.53 Å². The Morgan fingerprint density at radius 1 is 1.25 bits per heavy atom. The van der Waals surface area contributed by atoms with Gasteiger partial charge in [-0.1, -0.05) is 17.7 Å². The van der Waals surface area contributed by atoms with Gasteiger partial charge in [0.05, 0.1) is 0 Å². The number of carbonyl (C=O) groups excluding carboxylic acids is 1. The first-order valence-corrected chi connectivity index (χ1v) is 7.50. The van der Waals surface area contributed by atoms with Crippen LogP contribution in [0.4, 0.5) is 5.69 Å². The molecule has 2 aliphatic heterocycles. The maximum absolute atomic E-state index is 12.2. The summed E-state index contributed by atoms with van der Waals surface area (Å²) in [5.74, 6) is 0.164. The van der Waals surface area contributed by atoms with Crippen molar-refractivity contribution in [2.24, 2.45) is 0 Å². The lowest BCUT2D eigenvalue weighted by atomic mass is 10.1. The summed E-state index contributed by atoms with van der Waals surface area (Å²) in [6.45, 7) is 2.35. The van der Waals surface area contributed by atoms with Crippen LogP contribution >= 0.6 is 11.6 Å². The molecule has 3 rings (SSSR count). The predicted octanol–water partition coefficient (Wildman–Crippen LogP) is 2.21. The average Bonchev–Trinajstić information content (AvgIpc) is 2.81. The molecule has 0 saturated carbocycles. The molecule has 1 aromatic rings. The van der Waals surface area contributed by atoms with Gasteiger partial charge in [-0.25, -0.2) is 0 Å². The normalized spacial score (nSPS) is 24.4. The monoisotopic (exact) mass is 294 g/mol. The van der Waals surface area contributed by atoms with Crippen LogP contribution in [0.5, 0.6) is 0 Å². The standard InChI is InChI=1S/C15H19ClN2O2/c16-11-2-1-3-14(8-11)18-10-13(9-15(18)19)17-12-4-6-20-7-5-12/h1-3,8,12-13,17H,4-7,9-10H2/t13-/m1/s1. The fourth-order valence-electron chi connectivity index (χ4n) is 2.91. The number of amides is 1. The van der Waals surface area contributed by atoms with E-state index < -0.39 is 0 Å². The van der Waals surface area contributed by atoms with Gasteiger partial charge >= 0.3 is 0 Å². The minimum atomic E-state index is 0.164. The highest BCUT2D eigenvalue weighted by Crippen LogP contribution is 2.25. The highest BCUT2D eigenvalue weighted by atomic mass is 35.5. The van der Waals surface area contributed by atoms with Gasteiger partial charge < -0.3 is 15.0 Å². The van der Waals surface area contributed by atoms with Gasteiger partial charge in [0.1, 0.15) is 0 Å². The van der Waals surface area contributed by atoms with Gasteiger partial charge in [0.25, 0.3) is 0 Å². The summed E-state index contributed by atoms with van der Waals surface area (Å²) in [5.41, 5.74) is 0.888. The van der Waals surface area contributed by atoms with Gasteiger partial charge in [0.2, 0.25) is 5.91 Å². The third kappa shape index (κ3) is 3.14. The van der Waals surface area contributed by atoms with Gasteiger partial charge in [-0.2, -0.15) is 0 Å². The van der Waals surface area contributed by atoms with Crippen LogP contribution in [0.15, 0.2) is 24.3 Å². The Kier molecular flexibility index (Phi) is 4.24. The molecule has 1 amide bonds. The Balaban J connectivity index is 1.63. The summed E-state index contributed by atoms with van der Waals surface area (Å²) in [7, 11) is 0. The molecule has 1 atom stereocenters. The van der Waals surface area contributed by atoms with Crippen LogP contribution in [0, 0.1) is 0 Å². The summed E-state index contributed by atoms with van der Waals surface area (Å²) < 4.78 is 5.36. The number of rotatable bonds is 3. The fourth-order valence-corrected chi connectivity index (χ4v) is 3.09. The molecule has 0 radical (unpaired) electrons. The third-order valence-electron chi connectivity index (χ3n) is 3.94. The third-order valence-corrected chi connectivity index (χ3v) is 4.17. The number of hydrogen-bond acceptors (Lipinski definition) is 3. The summed E-state index contributed by atoms with van der Waals surface area (Å²) in [5, 5.41) is 4.25. The Morgan fingerprint density at radius 2 is 2.05 bits per heavy atom. The Bertz CT molecular complexity index is 489. The van der Waals surface area contributed by atoms with Crippen molar-refractivity contribution in [2.45, 2.75) is 31.3 Å². The first kappa shape index (κ1) is 13.9. The van der Waals surface area contributed by atoms with E-state index in [1.165, 1.54) is 0 Å². The molecule has 0 aliphatic carbocycles. The van der Waals surface area contributed by atoms with Gasteiger partial charge in [-0.3, -0.25) is 4.79 Å². The molecule has 0 unspecified atom stereocenters. The summed E-state index contributed by atoms with van der Waals surface area (Å²) >= 11 is 6.00. The van der Waals surface area contributed by atoms with E-state index in [0.29, 0.717) is 17.5 Å². The molecule has 4 nitrogen and oxygen atoms in total. The van der Waals surface area contributed by atoms with Crippen molar-refractivity contribution in [2.75, 3.05) is 24.7 Å². The second-order valence-electron chi connectivity index (χ2n) is 5.44. The van der Waals surface area contributed by atoms with Crippen LogP contribution < -0.4 is 10.2 Å². The SMILES string of the molecule is O=C1C[C@@H](NC2CCOCC2)CN1c1cccc(Cl)c1. The second-order valence-corrected chi connectivity index (χ2v) is 5.88. The molecule has 0 spiro atoms. The lowest BCUT2D eigenvalue weighted by Crippen LogP contribution is -2.42. The van der Waals surface area contributed by atoms with Crippen molar-refractivity contribution in [3.05, 3.63) is 29.3 Å². The van der Waals surface area contributed by atoms with Crippen molar-refractivity contribution in [1.82, 2.24) is 5.32 Å². The van der Waals surface area contributed by atoms with Crippen molar-refractivity contribution >= 4 is 23.2 Å². The van der Waals surface area contributed by atoms with Crippen LogP contribution in [0.1, 0.15) is 19.3 Å². The molecule has 2 saturated heterocycles. The van der Waals surface area contributed by atoms with E-state index in [9.17, 15) is 4.79 Å². The summed E-state index contributed by atoms with van der Waals surface area (Å²) in [6.07, 6.45) is 2.62. The number of nitrogens with zero attached hydrogens (tertiary/aromatic N) is 1. The molecule has 5 heteroatoms. The number of ether oxygens (including phenoxy) is 1. The van der Waals surface area contributed by atoms with Crippen molar-refractivity contribution in [3.63, 3.8) is 0 Å². The van der Waals surface area contributed by atoms with E-state index in [1.54, 1.807) is 0 Å². The van der Waals surface area contributed by atoms with E-state index in [-0.39, 0.29) is 11.9 Å². The molecule has 2 aliphatic rings. The average molecular weight is 295 g/mol. The molecule has 1 aromatic carbocycles. The lowest BCUT2D eigenvalue weighted by molar-refractivity contribution is -0.117. The fraction of sp³-hybridized carbons (Fsp3) is 0.533. The Morgan fingerprint density at radius 3 is 2.80 bits per heavy atom. The number of carbonyl (C=O) groups is 1. The number of halogens is 1. The van der Waals surface area contributed by atoms with E-state index in [4.69, 9.17) is 16.3 Å². The number of hydrogen-bond donors (Lipinski definition) is 1. The zero-order chi connectivity index (χ0) is 13.9. The zero-order valence-corrected chi connectivity index (χ0v) is 12.1. The van der Waals surface area contributed by atoms with Crippen LogP contribution in [0.3, 0.4) is 0 Å². The number of anilines is 1. The summed E-state index contributed by atoms with van der Waals surface area (Å²) in [6, 6.07) is 8.18. The quantitative estimate of drug-likeness (QED) is 0.929. The molecular formula is C15H19ClN2O2. The van der Waals surface area contributed by atoms with Gasteiger partial charge in [-0.05, 0) is 31.0 Å². The minimum absolute atomic E-state index is 0.164. The topological polar surface area (TPSA) is 41.6 Å². The van der Waals surface area contributed by atoms with Gasteiger partial charge in [0, 0.05) is 49.0 Å². The van der Waals surface area contributed by atoms with Crippen molar-refractivity contribution < 1.29 is 9.53 Å². The molecule has 1 N–H and O–H groups in total. The van der Waals surface area contributed by atoms with Crippen LogP contribution in [-0.4, -0.2) is 37.7 Å². The molecule has 2 fully saturated rings. The van der Waals surface area contributed by atoms with Crippen LogP contribution in [0.25, 0.3) is 0 Å². The first-order valence-electron chi connectivity index (χ1n) is 7.12. The smallest absolute Gasteiger partial charge is 0.228 e. The van der Waals surface area contributed by atoms with Gasteiger partial charge in [-0.15, -0.1) is 0 Å². The molecule has 0 aromatic heterocycles. The second kappa shape index (κ2) is 6.12. The Hall–Kier alpha value is -1.10. The van der Waals surface area contributed by atoms with Gasteiger partial charge in [0.15, 0.2) is 0 Å².